The standard InChI is InChI=1S/C54H35NS/c1-2-13-40-33-43(24-23-36(40)11-1)48-18-7-8-21-51(48)55(44-29-25-38(26-30-44)47-19-9-16-37-12-5-6-17-46(37)47)45-31-27-39(28-32-45)49-20-10-22-52-54(49)50-34-41-14-3-4-15-42(41)35-53(50)56-52/h1-35H. The van der Waals surface area contributed by atoms with E-state index in [0.717, 1.165) is 17.1 Å². The van der Waals surface area contributed by atoms with Gasteiger partial charge in [-0.3, -0.25) is 0 Å². The Kier molecular flexibility index (Phi) is 7.75. The van der Waals surface area contributed by atoms with E-state index < -0.39 is 0 Å². The number of hydrogen-bond acceptors (Lipinski definition) is 2. The Morgan fingerprint density at radius 3 is 1.61 bits per heavy atom. The molecule has 0 bridgehead atoms. The van der Waals surface area contributed by atoms with Crippen LogP contribution in [-0.4, -0.2) is 0 Å². The molecule has 262 valence electrons. The average Bonchev–Trinajstić information content (AvgIpc) is 3.63. The second kappa shape index (κ2) is 13.4. The van der Waals surface area contributed by atoms with Crippen molar-refractivity contribution in [3.8, 4) is 33.4 Å². The molecule has 0 N–H and O–H groups in total. The van der Waals surface area contributed by atoms with Crippen LogP contribution in [0.3, 0.4) is 0 Å². The van der Waals surface area contributed by atoms with Crippen molar-refractivity contribution in [3.05, 3.63) is 212 Å². The fourth-order valence-electron chi connectivity index (χ4n) is 8.51. The van der Waals surface area contributed by atoms with Crippen molar-refractivity contribution in [2.45, 2.75) is 0 Å². The fraction of sp³-hybridized carbons (Fsp3) is 0. The number of hydrogen-bond donors (Lipinski definition) is 0. The zero-order valence-corrected chi connectivity index (χ0v) is 31.4. The van der Waals surface area contributed by atoms with Gasteiger partial charge in [-0.25, -0.2) is 0 Å². The first kappa shape index (κ1) is 32.4. The SMILES string of the molecule is c1ccc(N(c2ccc(-c3cccc4ccccc34)cc2)c2ccc(-c3cccc4sc5cc6ccccc6cc5c34)cc2)c(-c2ccc3ccccc3c2)c1. The molecule has 0 radical (unpaired) electrons. The van der Waals surface area contributed by atoms with Gasteiger partial charge in [0.1, 0.15) is 0 Å². The van der Waals surface area contributed by atoms with Gasteiger partial charge in [-0.15, -0.1) is 11.3 Å². The summed E-state index contributed by atoms with van der Waals surface area (Å²) in [6.45, 7) is 0. The summed E-state index contributed by atoms with van der Waals surface area (Å²) in [6.07, 6.45) is 0. The predicted octanol–water partition coefficient (Wildman–Crippen LogP) is 16.0. The summed E-state index contributed by atoms with van der Waals surface area (Å²) in [5.74, 6) is 0. The number of benzene rings is 10. The highest BCUT2D eigenvalue weighted by molar-refractivity contribution is 7.26. The normalized spacial score (nSPS) is 11.6. The lowest BCUT2D eigenvalue weighted by Crippen LogP contribution is -2.11. The number of fused-ring (bicyclic) bond motifs is 6. The summed E-state index contributed by atoms with van der Waals surface area (Å²) >= 11 is 1.88. The van der Waals surface area contributed by atoms with Crippen LogP contribution in [0.25, 0.3) is 85.9 Å². The van der Waals surface area contributed by atoms with E-state index in [0.29, 0.717) is 0 Å². The van der Waals surface area contributed by atoms with E-state index >= 15 is 0 Å². The summed E-state index contributed by atoms with van der Waals surface area (Å²) < 4.78 is 2.64. The monoisotopic (exact) mass is 729 g/mol. The second-order valence-corrected chi connectivity index (χ2v) is 15.6. The lowest BCUT2D eigenvalue weighted by atomic mass is 9.96. The molecule has 11 rings (SSSR count). The third kappa shape index (κ3) is 5.54. The molecule has 0 saturated carbocycles. The quantitative estimate of drug-likeness (QED) is 0.165. The summed E-state index contributed by atoms with van der Waals surface area (Å²) in [7, 11) is 0. The maximum atomic E-state index is 2.41. The van der Waals surface area contributed by atoms with Crippen molar-refractivity contribution in [2.24, 2.45) is 0 Å². The molecule has 2 heteroatoms. The van der Waals surface area contributed by atoms with Crippen LogP contribution in [-0.2, 0) is 0 Å². The van der Waals surface area contributed by atoms with Gasteiger partial charge in [0.25, 0.3) is 0 Å². The van der Waals surface area contributed by atoms with Gasteiger partial charge in [0.05, 0.1) is 5.69 Å². The number of para-hydroxylation sites is 1. The van der Waals surface area contributed by atoms with E-state index in [1.165, 1.54) is 85.9 Å². The number of thiophene rings is 1. The first-order valence-corrected chi connectivity index (χ1v) is 20.0. The van der Waals surface area contributed by atoms with Gasteiger partial charge in [-0.05, 0) is 115 Å². The molecule has 0 atom stereocenters. The van der Waals surface area contributed by atoms with Crippen LogP contribution in [0.4, 0.5) is 17.1 Å². The van der Waals surface area contributed by atoms with Crippen LogP contribution in [0.5, 0.6) is 0 Å². The van der Waals surface area contributed by atoms with Crippen LogP contribution in [0, 0.1) is 0 Å². The largest absolute Gasteiger partial charge is 0.310 e. The highest BCUT2D eigenvalue weighted by Crippen LogP contribution is 2.45. The Morgan fingerprint density at radius 2 is 0.839 bits per heavy atom. The lowest BCUT2D eigenvalue weighted by molar-refractivity contribution is 1.28. The Labute approximate surface area is 330 Å². The van der Waals surface area contributed by atoms with Crippen LogP contribution >= 0.6 is 11.3 Å². The van der Waals surface area contributed by atoms with E-state index in [2.05, 4.69) is 217 Å². The molecule has 0 spiro atoms. The van der Waals surface area contributed by atoms with E-state index in [1.807, 2.05) is 11.3 Å². The van der Waals surface area contributed by atoms with Gasteiger partial charge >= 0.3 is 0 Å². The topological polar surface area (TPSA) is 3.24 Å². The molecule has 0 unspecified atom stereocenters. The molecule has 10 aromatic carbocycles. The molecule has 56 heavy (non-hydrogen) atoms. The lowest BCUT2D eigenvalue weighted by Gasteiger charge is -2.28. The highest BCUT2D eigenvalue weighted by atomic mass is 32.1. The van der Waals surface area contributed by atoms with Crippen LogP contribution in [0.15, 0.2) is 212 Å². The molecule has 0 aliphatic heterocycles. The molecular weight excluding hydrogens is 695 g/mol. The Bertz CT molecular complexity index is 3240. The van der Waals surface area contributed by atoms with Crippen molar-refractivity contribution in [2.75, 3.05) is 4.90 Å². The smallest absolute Gasteiger partial charge is 0.0540 e. The third-order valence-electron chi connectivity index (χ3n) is 11.2. The molecule has 0 aliphatic rings. The van der Waals surface area contributed by atoms with E-state index in [9.17, 15) is 0 Å². The molecule has 1 aromatic heterocycles. The van der Waals surface area contributed by atoms with Crippen LogP contribution < -0.4 is 4.90 Å². The molecule has 0 aliphatic carbocycles. The minimum Gasteiger partial charge on any atom is -0.310 e. The zero-order chi connectivity index (χ0) is 37.0. The van der Waals surface area contributed by atoms with E-state index in [1.54, 1.807) is 0 Å². The third-order valence-corrected chi connectivity index (χ3v) is 12.3. The number of anilines is 3. The summed E-state index contributed by atoms with van der Waals surface area (Å²) in [5, 5.41) is 10.2. The van der Waals surface area contributed by atoms with Crippen molar-refractivity contribution in [3.63, 3.8) is 0 Å². The molecule has 0 amide bonds. The average molecular weight is 730 g/mol. The Hall–Kier alpha value is -7.00. The molecule has 1 heterocycles. The number of nitrogens with zero attached hydrogens (tertiary/aromatic N) is 1. The van der Waals surface area contributed by atoms with E-state index in [4.69, 9.17) is 0 Å². The Morgan fingerprint density at radius 1 is 0.304 bits per heavy atom. The van der Waals surface area contributed by atoms with Crippen LogP contribution in [0.2, 0.25) is 0 Å². The highest BCUT2D eigenvalue weighted by Gasteiger charge is 2.19. The Balaban J connectivity index is 1.05. The van der Waals surface area contributed by atoms with Crippen molar-refractivity contribution >= 4 is 80.9 Å². The van der Waals surface area contributed by atoms with Gasteiger partial charge in [-0.1, -0.05) is 158 Å². The number of rotatable bonds is 6. The van der Waals surface area contributed by atoms with Crippen molar-refractivity contribution in [1.82, 2.24) is 0 Å². The van der Waals surface area contributed by atoms with Crippen molar-refractivity contribution < 1.29 is 0 Å². The van der Waals surface area contributed by atoms with Crippen LogP contribution in [0.1, 0.15) is 0 Å². The molecule has 0 saturated heterocycles. The minimum absolute atomic E-state index is 1.10. The maximum absolute atomic E-state index is 2.41. The summed E-state index contributed by atoms with van der Waals surface area (Å²) in [4.78, 5) is 2.41. The summed E-state index contributed by atoms with van der Waals surface area (Å²) in [5.41, 5.74) is 10.6. The van der Waals surface area contributed by atoms with Gasteiger partial charge in [0, 0.05) is 37.1 Å². The van der Waals surface area contributed by atoms with Gasteiger partial charge in [0.2, 0.25) is 0 Å². The zero-order valence-electron chi connectivity index (χ0n) is 30.6. The molecule has 11 aromatic rings. The van der Waals surface area contributed by atoms with Gasteiger partial charge in [-0.2, -0.15) is 0 Å². The first-order chi connectivity index (χ1) is 27.7. The minimum atomic E-state index is 1.10. The maximum Gasteiger partial charge on any atom is 0.0540 e. The molecule has 0 fully saturated rings. The molecule has 1 nitrogen and oxygen atoms in total. The van der Waals surface area contributed by atoms with Gasteiger partial charge < -0.3 is 4.90 Å². The van der Waals surface area contributed by atoms with Crippen molar-refractivity contribution in [1.29, 1.82) is 0 Å². The second-order valence-electron chi connectivity index (χ2n) is 14.5. The van der Waals surface area contributed by atoms with Gasteiger partial charge in [0.15, 0.2) is 0 Å². The fourth-order valence-corrected chi connectivity index (χ4v) is 9.67. The predicted molar refractivity (Wildman–Crippen MR) is 243 cm³/mol. The van der Waals surface area contributed by atoms with E-state index in [-0.39, 0.29) is 0 Å². The molecular formula is C54H35NS. The first-order valence-electron chi connectivity index (χ1n) is 19.2. The summed E-state index contributed by atoms with van der Waals surface area (Å²) in [6, 6.07) is 77.7.